The Labute approximate surface area is 131 Å². The summed E-state index contributed by atoms with van der Waals surface area (Å²) in [5.41, 5.74) is 6.42. The highest BCUT2D eigenvalue weighted by Crippen LogP contribution is 2.41. The minimum absolute atomic E-state index is 0.104. The molecule has 1 aliphatic heterocycles. The molecule has 0 aromatic heterocycles. The fourth-order valence-corrected chi connectivity index (χ4v) is 7.63. The van der Waals surface area contributed by atoms with Gasteiger partial charge in [0.25, 0.3) is 0 Å². The van der Waals surface area contributed by atoms with E-state index in [4.69, 9.17) is 5.11 Å². The van der Waals surface area contributed by atoms with E-state index >= 15 is 0 Å². The predicted molar refractivity (Wildman–Crippen MR) is 91.8 cm³/mol. The summed E-state index contributed by atoms with van der Waals surface area (Å²) in [6.45, 7) is 4.59. The number of carbonyl (C=O) groups is 1. The van der Waals surface area contributed by atoms with Crippen LogP contribution < -0.4 is 15.7 Å². The number of nitrogens with one attached hydrogen (secondary N) is 1. The van der Waals surface area contributed by atoms with Crippen LogP contribution >= 0.6 is 0 Å². The number of rotatable bonds is 3. The third-order valence-electron chi connectivity index (χ3n) is 4.91. The zero-order chi connectivity index (χ0) is 15.5. The van der Waals surface area contributed by atoms with Gasteiger partial charge in [0.05, 0.1) is 13.0 Å². The second kappa shape index (κ2) is 4.54. The molecule has 4 heteroatoms. The number of aliphatic hydroxyl groups excluding tert-OH is 1. The largest absolute Gasteiger partial charge is 0.396 e. The Hall–Kier alpha value is -1.91. The molecule has 22 heavy (non-hydrogen) atoms. The molecule has 3 nitrogen and oxygen atoms in total. The number of aliphatic hydroxyl groups is 1. The summed E-state index contributed by atoms with van der Waals surface area (Å²) in [5, 5.41) is 14.9. The van der Waals surface area contributed by atoms with Crippen molar-refractivity contribution in [3.05, 3.63) is 41.5 Å². The number of anilines is 1. The van der Waals surface area contributed by atoms with Gasteiger partial charge in [0.1, 0.15) is 8.07 Å². The van der Waals surface area contributed by atoms with Gasteiger partial charge >= 0.3 is 0 Å². The van der Waals surface area contributed by atoms with Crippen LogP contribution in [0.3, 0.4) is 0 Å². The van der Waals surface area contributed by atoms with E-state index in [2.05, 4.69) is 48.7 Å². The van der Waals surface area contributed by atoms with E-state index in [0.29, 0.717) is 0 Å². The van der Waals surface area contributed by atoms with Gasteiger partial charge in [-0.3, -0.25) is 4.79 Å². The summed E-state index contributed by atoms with van der Waals surface area (Å²) in [7, 11) is -1.51. The summed E-state index contributed by atoms with van der Waals surface area (Å²) >= 11 is 0. The molecule has 0 bridgehead atoms. The zero-order valence-corrected chi connectivity index (χ0v) is 13.9. The molecule has 0 fully saturated rings. The average molecular weight is 309 g/mol. The molecule has 0 atom stereocenters. The Morgan fingerprint density at radius 3 is 2.77 bits per heavy atom. The van der Waals surface area contributed by atoms with Crippen molar-refractivity contribution < 1.29 is 9.90 Å². The molecule has 0 unspecified atom stereocenters. The van der Waals surface area contributed by atoms with Crippen LogP contribution in [0.2, 0.25) is 13.1 Å². The minimum Gasteiger partial charge on any atom is -0.396 e. The lowest BCUT2D eigenvalue weighted by atomic mass is 10.1. The summed E-state index contributed by atoms with van der Waals surface area (Å²) in [5.74, 6) is -0.104. The van der Waals surface area contributed by atoms with Crippen LogP contribution in [-0.2, 0) is 11.2 Å². The summed E-state index contributed by atoms with van der Waals surface area (Å²) in [6, 6.07) is 10.7. The lowest BCUT2D eigenvalue weighted by Crippen LogP contribution is -2.22. The molecule has 0 saturated carbocycles. The van der Waals surface area contributed by atoms with Gasteiger partial charge in [0.15, 0.2) is 0 Å². The van der Waals surface area contributed by atoms with E-state index < -0.39 is 8.07 Å². The normalized spacial score (nSPS) is 15.8. The average Bonchev–Trinajstić information content (AvgIpc) is 2.89. The molecule has 4 rings (SSSR count). The summed E-state index contributed by atoms with van der Waals surface area (Å²) < 4.78 is 0. The molecule has 2 N–H and O–H groups in total. The number of amides is 1. The van der Waals surface area contributed by atoms with Gasteiger partial charge in [0.2, 0.25) is 5.91 Å². The molecule has 0 radical (unpaired) electrons. The highest BCUT2D eigenvalue weighted by atomic mass is 28.3. The molecule has 2 aliphatic rings. The van der Waals surface area contributed by atoms with Crippen molar-refractivity contribution in [3.63, 3.8) is 0 Å². The molecular formula is C18H19NO2Si. The lowest BCUT2D eigenvalue weighted by Gasteiger charge is -2.07. The Morgan fingerprint density at radius 1 is 1.23 bits per heavy atom. The van der Waals surface area contributed by atoms with E-state index in [-0.39, 0.29) is 18.9 Å². The highest BCUT2D eigenvalue weighted by Gasteiger charge is 2.50. The second-order valence-corrected chi connectivity index (χ2v) is 10.9. The Balaban J connectivity index is 1.83. The van der Waals surface area contributed by atoms with Crippen LogP contribution in [0, 0.1) is 0 Å². The first kappa shape index (κ1) is 13.7. The van der Waals surface area contributed by atoms with Crippen LogP contribution in [0.15, 0.2) is 30.3 Å². The molecule has 1 amide bonds. The molecule has 2 aromatic rings. The maximum Gasteiger partial charge on any atom is 0.226 e. The molecule has 2 aromatic carbocycles. The number of carbonyl (C=O) groups excluding carboxylic acids is 1. The Morgan fingerprint density at radius 2 is 2.00 bits per heavy atom. The number of hydrogen-bond acceptors (Lipinski definition) is 2. The monoisotopic (exact) mass is 309 g/mol. The van der Waals surface area contributed by atoms with Gasteiger partial charge in [-0.1, -0.05) is 37.4 Å². The molecule has 0 saturated heterocycles. The van der Waals surface area contributed by atoms with E-state index in [1.165, 1.54) is 32.6 Å². The molecule has 0 spiro atoms. The quantitative estimate of drug-likeness (QED) is 0.724. The van der Waals surface area contributed by atoms with Crippen molar-refractivity contribution in [1.29, 1.82) is 0 Å². The van der Waals surface area contributed by atoms with Gasteiger partial charge in [-0.25, -0.2) is 0 Å². The second-order valence-electron chi connectivity index (χ2n) is 6.68. The van der Waals surface area contributed by atoms with Crippen molar-refractivity contribution in [2.75, 3.05) is 11.9 Å². The van der Waals surface area contributed by atoms with Gasteiger partial charge in [-0.2, -0.15) is 0 Å². The maximum absolute atomic E-state index is 11.9. The minimum atomic E-state index is -1.51. The highest BCUT2D eigenvalue weighted by molar-refractivity contribution is 7.17. The summed E-state index contributed by atoms with van der Waals surface area (Å²) in [4.78, 5) is 11.9. The van der Waals surface area contributed by atoms with E-state index in [9.17, 15) is 4.79 Å². The first-order valence-electron chi connectivity index (χ1n) is 7.74. The smallest absolute Gasteiger partial charge is 0.226 e. The summed E-state index contributed by atoms with van der Waals surface area (Å²) in [6.07, 6.45) is 1.18. The maximum atomic E-state index is 11.9. The van der Waals surface area contributed by atoms with E-state index in [1.54, 1.807) is 0 Å². The standard InChI is InChI=1S/C18H19NO2Si/c1-22(2)17-14-9-11-5-3-4-6-12(11)13(14)10-15(18(17)22)19-16(21)7-8-20/h3-6,10,20H,7-9H2,1-2H3,(H,19,21). The van der Waals surface area contributed by atoms with Crippen LogP contribution in [0.4, 0.5) is 5.69 Å². The zero-order valence-electron chi connectivity index (χ0n) is 12.9. The van der Waals surface area contributed by atoms with Crippen LogP contribution in [0.25, 0.3) is 11.1 Å². The van der Waals surface area contributed by atoms with Gasteiger partial charge in [0, 0.05) is 5.69 Å². The SMILES string of the molecule is C[Si]1(C)c2c(NC(=O)CCO)cc3c(c21)Cc1ccccc1-3. The van der Waals surface area contributed by atoms with Crippen molar-refractivity contribution >= 4 is 30.0 Å². The van der Waals surface area contributed by atoms with Crippen molar-refractivity contribution in [3.8, 4) is 11.1 Å². The third kappa shape index (κ3) is 1.81. The van der Waals surface area contributed by atoms with Crippen molar-refractivity contribution in [1.82, 2.24) is 0 Å². The van der Waals surface area contributed by atoms with Crippen LogP contribution in [0.5, 0.6) is 0 Å². The molecular weight excluding hydrogens is 290 g/mol. The first-order chi connectivity index (χ1) is 10.5. The fourth-order valence-electron chi connectivity index (χ4n) is 3.87. The predicted octanol–water partition coefficient (Wildman–Crippen LogP) is 1.71. The number of hydrogen-bond donors (Lipinski definition) is 2. The topological polar surface area (TPSA) is 49.3 Å². The Kier molecular flexibility index (Phi) is 2.83. The fraction of sp³-hybridized carbons (Fsp3) is 0.278. The van der Waals surface area contributed by atoms with Gasteiger partial charge < -0.3 is 10.4 Å². The van der Waals surface area contributed by atoms with E-state index in [0.717, 1.165) is 12.1 Å². The van der Waals surface area contributed by atoms with Crippen molar-refractivity contribution in [2.45, 2.75) is 25.9 Å². The molecule has 1 aliphatic carbocycles. The third-order valence-corrected chi connectivity index (χ3v) is 8.23. The van der Waals surface area contributed by atoms with E-state index in [1.807, 2.05) is 0 Å². The Bertz CT molecular complexity index is 811. The first-order valence-corrected chi connectivity index (χ1v) is 10.7. The molecule has 112 valence electrons. The van der Waals surface area contributed by atoms with Gasteiger partial charge in [-0.15, -0.1) is 0 Å². The number of benzene rings is 2. The molecule has 1 heterocycles. The van der Waals surface area contributed by atoms with Crippen molar-refractivity contribution in [2.24, 2.45) is 0 Å². The van der Waals surface area contributed by atoms with Gasteiger partial charge in [-0.05, 0) is 45.1 Å². The van der Waals surface area contributed by atoms with Crippen LogP contribution in [-0.4, -0.2) is 25.7 Å². The lowest BCUT2D eigenvalue weighted by molar-refractivity contribution is -0.116. The van der Waals surface area contributed by atoms with Crippen LogP contribution in [0.1, 0.15) is 17.5 Å². The number of fused-ring (bicyclic) bond motifs is 5.